The minimum absolute atomic E-state index is 0.0844. The zero-order valence-corrected chi connectivity index (χ0v) is 15.0. The van der Waals surface area contributed by atoms with Gasteiger partial charge in [-0.05, 0) is 37.3 Å². The van der Waals surface area contributed by atoms with E-state index in [1.807, 2.05) is 6.07 Å². The molecule has 0 amide bonds. The summed E-state index contributed by atoms with van der Waals surface area (Å²) >= 11 is 0. The summed E-state index contributed by atoms with van der Waals surface area (Å²) in [4.78, 5) is 12.6. The summed E-state index contributed by atoms with van der Waals surface area (Å²) in [6.07, 6.45) is -4.62. The molecular weight excluding hydrogens is 369 g/mol. The Hall–Kier alpha value is -3.42. The molecule has 142 valence electrons. The van der Waals surface area contributed by atoms with Crippen molar-refractivity contribution in [3.05, 3.63) is 66.1 Å². The first-order valence-corrected chi connectivity index (χ1v) is 8.42. The van der Waals surface area contributed by atoms with E-state index < -0.39 is 11.9 Å². The Morgan fingerprint density at radius 3 is 2.46 bits per heavy atom. The molecule has 0 atom stereocenters. The normalized spacial score (nSPS) is 11.8. The molecule has 2 aromatic heterocycles. The molecule has 4 aromatic rings. The first kappa shape index (κ1) is 18.0. The van der Waals surface area contributed by atoms with Crippen molar-refractivity contribution in [1.29, 1.82) is 0 Å². The fourth-order valence-electron chi connectivity index (χ4n) is 3.01. The van der Waals surface area contributed by atoms with E-state index in [2.05, 4.69) is 15.0 Å². The highest BCUT2D eigenvalue weighted by molar-refractivity contribution is 5.77. The van der Waals surface area contributed by atoms with Gasteiger partial charge in [0.25, 0.3) is 0 Å². The largest absolute Gasteiger partial charge is 0.497 e. The Morgan fingerprint density at radius 1 is 0.929 bits per heavy atom. The van der Waals surface area contributed by atoms with Crippen LogP contribution in [0.1, 0.15) is 11.5 Å². The molecule has 28 heavy (non-hydrogen) atoms. The number of hydrogen-bond donors (Lipinski definition) is 0. The maximum atomic E-state index is 13.5. The van der Waals surface area contributed by atoms with Gasteiger partial charge in [0.05, 0.1) is 23.8 Å². The van der Waals surface area contributed by atoms with Crippen LogP contribution in [0.5, 0.6) is 5.75 Å². The summed E-state index contributed by atoms with van der Waals surface area (Å²) in [6.45, 7) is 1.70. The van der Waals surface area contributed by atoms with Crippen LogP contribution in [0.25, 0.3) is 28.2 Å². The third-order valence-electron chi connectivity index (χ3n) is 4.30. The molecule has 2 aromatic carbocycles. The summed E-state index contributed by atoms with van der Waals surface area (Å²) in [5.41, 5.74) is 0.913. The van der Waals surface area contributed by atoms with Crippen LogP contribution < -0.4 is 4.74 Å². The van der Waals surface area contributed by atoms with Gasteiger partial charge in [0.2, 0.25) is 5.95 Å². The number of rotatable bonds is 3. The number of aryl methyl sites for hydroxylation is 1. The van der Waals surface area contributed by atoms with E-state index in [0.29, 0.717) is 28.2 Å². The van der Waals surface area contributed by atoms with Crippen molar-refractivity contribution in [2.24, 2.45) is 0 Å². The quantitative estimate of drug-likeness (QED) is 0.508. The third-order valence-corrected chi connectivity index (χ3v) is 4.30. The maximum absolute atomic E-state index is 13.5. The monoisotopic (exact) mass is 384 g/mol. The Bertz CT molecular complexity index is 1170. The van der Waals surface area contributed by atoms with Gasteiger partial charge in [-0.15, -0.1) is 0 Å². The van der Waals surface area contributed by atoms with Crippen LogP contribution in [0.4, 0.5) is 13.2 Å². The Kier molecular flexibility index (Phi) is 4.26. The molecule has 0 N–H and O–H groups in total. The number of hydrogen-bond acceptors (Lipinski definition) is 4. The topological polar surface area (TPSA) is 52.8 Å². The van der Waals surface area contributed by atoms with Gasteiger partial charge in [0.1, 0.15) is 11.6 Å². The van der Waals surface area contributed by atoms with Crippen LogP contribution in [0.2, 0.25) is 0 Å². The molecule has 0 aliphatic rings. The number of ether oxygens (including phenoxy) is 1. The van der Waals surface area contributed by atoms with Gasteiger partial charge in [-0.1, -0.05) is 24.3 Å². The average molecular weight is 384 g/mol. The molecule has 0 aliphatic heterocycles. The minimum Gasteiger partial charge on any atom is -0.497 e. The van der Waals surface area contributed by atoms with Crippen LogP contribution in [0.3, 0.4) is 0 Å². The molecule has 4 rings (SSSR count). The standard InChI is InChI=1S/C20H15F3N4O/c1-12-24-15-8-3-4-9-17(15)27(12)19-25-16(11-18(26-19)20(21,22)23)13-6-5-7-14(10-13)28-2/h3-11H,1-2H3. The van der Waals surface area contributed by atoms with E-state index in [4.69, 9.17) is 4.74 Å². The van der Waals surface area contributed by atoms with Crippen molar-refractivity contribution in [3.8, 4) is 23.0 Å². The molecule has 8 heteroatoms. The smallest absolute Gasteiger partial charge is 0.433 e. The molecule has 2 heterocycles. The predicted molar refractivity (Wildman–Crippen MR) is 98.4 cm³/mol. The van der Waals surface area contributed by atoms with Crippen LogP contribution >= 0.6 is 0 Å². The minimum atomic E-state index is -4.62. The van der Waals surface area contributed by atoms with Crippen molar-refractivity contribution in [3.63, 3.8) is 0 Å². The van der Waals surface area contributed by atoms with Crippen molar-refractivity contribution in [2.75, 3.05) is 7.11 Å². The van der Waals surface area contributed by atoms with E-state index in [1.54, 1.807) is 49.4 Å². The average Bonchev–Trinajstić information content (AvgIpc) is 3.02. The summed E-state index contributed by atoms with van der Waals surface area (Å²) in [5, 5.41) is 0. The van der Waals surface area contributed by atoms with Crippen LogP contribution in [0.15, 0.2) is 54.6 Å². The fourth-order valence-corrected chi connectivity index (χ4v) is 3.01. The number of alkyl halides is 3. The molecule has 0 aliphatic carbocycles. The summed E-state index contributed by atoms with van der Waals surface area (Å²) in [7, 11) is 1.49. The molecule has 5 nitrogen and oxygen atoms in total. The maximum Gasteiger partial charge on any atom is 0.433 e. The molecule has 0 bridgehead atoms. The van der Waals surface area contributed by atoms with Crippen LogP contribution in [-0.2, 0) is 6.18 Å². The van der Waals surface area contributed by atoms with E-state index >= 15 is 0 Å². The molecule has 0 saturated heterocycles. The second kappa shape index (κ2) is 6.63. The second-order valence-corrected chi connectivity index (χ2v) is 6.15. The lowest BCUT2D eigenvalue weighted by atomic mass is 10.1. The van der Waals surface area contributed by atoms with Crippen LogP contribution in [-0.4, -0.2) is 26.6 Å². The van der Waals surface area contributed by atoms with Gasteiger partial charge in [0.15, 0.2) is 5.69 Å². The number of nitrogens with zero attached hydrogens (tertiary/aromatic N) is 4. The number of methoxy groups -OCH3 is 1. The third kappa shape index (κ3) is 3.17. The molecular formula is C20H15F3N4O. The number of imidazole rings is 1. The van der Waals surface area contributed by atoms with Gasteiger partial charge in [-0.2, -0.15) is 13.2 Å². The number of halogens is 3. The number of aromatic nitrogens is 4. The highest BCUT2D eigenvalue weighted by atomic mass is 19.4. The van der Waals surface area contributed by atoms with E-state index in [9.17, 15) is 13.2 Å². The zero-order chi connectivity index (χ0) is 19.9. The van der Waals surface area contributed by atoms with Gasteiger partial charge in [-0.25, -0.2) is 15.0 Å². The van der Waals surface area contributed by atoms with Gasteiger partial charge in [0, 0.05) is 5.56 Å². The fraction of sp³-hybridized carbons (Fsp3) is 0.150. The Labute approximate surface area is 158 Å². The Morgan fingerprint density at radius 2 is 1.71 bits per heavy atom. The zero-order valence-electron chi connectivity index (χ0n) is 15.0. The molecule has 0 radical (unpaired) electrons. The van der Waals surface area contributed by atoms with Gasteiger partial charge in [-0.3, -0.25) is 4.57 Å². The van der Waals surface area contributed by atoms with Crippen molar-refractivity contribution < 1.29 is 17.9 Å². The first-order chi connectivity index (χ1) is 13.4. The predicted octanol–water partition coefficient (Wildman–Crippen LogP) is 4.82. The lowest BCUT2D eigenvalue weighted by Crippen LogP contribution is -2.13. The van der Waals surface area contributed by atoms with Crippen LogP contribution in [0, 0.1) is 6.92 Å². The van der Waals surface area contributed by atoms with E-state index in [-0.39, 0.29) is 11.6 Å². The molecule has 0 spiro atoms. The number of para-hydroxylation sites is 2. The van der Waals surface area contributed by atoms with Gasteiger partial charge < -0.3 is 4.74 Å². The summed E-state index contributed by atoms with van der Waals surface area (Å²) < 4.78 is 47.3. The SMILES string of the molecule is COc1cccc(-c2cc(C(F)(F)F)nc(-n3c(C)nc4ccccc43)n2)c1. The molecule has 0 unspecified atom stereocenters. The van der Waals surface area contributed by atoms with Gasteiger partial charge >= 0.3 is 6.18 Å². The lowest BCUT2D eigenvalue weighted by Gasteiger charge is -2.13. The van der Waals surface area contributed by atoms with E-state index in [0.717, 1.165) is 6.07 Å². The van der Waals surface area contributed by atoms with Crippen molar-refractivity contribution >= 4 is 11.0 Å². The Balaban J connectivity index is 1.98. The van der Waals surface area contributed by atoms with E-state index in [1.165, 1.54) is 11.7 Å². The number of benzene rings is 2. The summed E-state index contributed by atoms with van der Waals surface area (Å²) in [5.74, 6) is 0.937. The highest BCUT2D eigenvalue weighted by Crippen LogP contribution is 2.32. The first-order valence-electron chi connectivity index (χ1n) is 8.42. The number of fused-ring (bicyclic) bond motifs is 1. The second-order valence-electron chi connectivity index (χ2n) is 6.15. The van der Waals surface area contributed by atoms with Crippen molar-refractivity contribution in [1.82, 2.24) is 19.5 Å². The molecule has 0 fully saturated rings. The highest BCUT2D eigenvalue weighted by Gasteiger charge is 2.34. The molecule has 0 saturated carbocycles. The summed E-state index contributed by atoms with van der Waals surface area (Å²) in [6, 6.07) is 14.8. The van der Waals surface area contributed by atoms with Crippen molar-refractivity contribution in [2.45, 2.75) is 13.1 Å². The lowest BCUT2D eigenvalue weighted by molar-refractivity contribution is -0.141.